The lowest BCUT2D eigenvalue weighted by molar-refractivity contribution is 0.795. The van der Waals surface area contributed by atoms with Gasteiger partial charge in [0.1, 0.15) is 0 Å². The molecule has 0 aliphatic rings. The second-order valence-electron chi connectivity index (χ2n) is 3.69. The number of halogens is 2. The highest BCUT2D eigenvalue weighted by Crippen LogP contribution is 2.14. The molecular formula is C11H16Cl2Si. The van der Waals surface area contributed by atoms with Crippen molar-refractivity contribution in [3.63, 3.8) is 0 Å². The highest BCUT2D eigenvalue weighted by atomic mass is 35.7. The van der Waals surface area contributed by atoms with Gasteiger partial charge in [-0.2, -0.15) is 0 Å². The standard InChI is InChI=1S/C11H16Cl2Si/c1-3-4-5-10-6-8-11(9-7-10)14(2,12)13/h6-9H,3-5H2,1-2H3. The maximum atomic E-state index is 6.12. The molecule has 1 rings (SSSR count). The van der Waals surface area contributed by atoms with Gasteiger partial charge >= 0.3 is 0 Å². The Morgan fingerprint density at radius 3 is 2.14 bits per heavy atom. The molecule has 0 spiro atoms. The fraction of sp³-hybridized carbons (Fsp3) is 0.455. The largest absolute Gasteiger partial charge is 0.277 e. The van der Waals surface area contributed by atoms with E-state index in [2.05, 4.69) is 31.2 Å². The third-order valence-electron chi connectivity index (χ3n) is 2.28. The minimum Gasteiger partial charge on any atom is -0.140 e. The van der Waals surface area contributed by atoms with Crippen LogP contribution < -0.4 is 5.19 Å². The molecule has 0 N–H and O–H groups in total. The molecule has 14 heavy (non-hydrogen) atoms. The molecule has 0 heterocycles. The molecule has 0 saturated carbocycles. The average molecular weight is 247 g/mol. The second-order valence-corrected chi connectivity index (χ2v) is 11.2. The van der Waals surface area contributed by atoms with Crippen molar-refractivity contribution in [2.24, 2.45) is 0 Å². The zero-order valence-corrected chi connectivity index (χ0v) is 11.2. The Bertz CT molecular complexity index is 274. The van der Waals surface area contributed by atoms with Crippen LogP contribution in [0.2, 0.25) is 6.55 Å². The van der Waals surface area contributed by atoms with Gasteiger partial charge in [-0.3, -0.25) is 0 Å². The van der Waals surface area contributed by atoms with Gasteiger partial charge < -0.3 is 0 Å². The van der Waals surface area contributed by atoms with Crippen LogP contribution in [0.5, 0.6) is 0 Å². The third kappa shape index (κ3) is 3.64. The number of rotatable bonds is 4. The van der Waals surface area contributed by atoms with Gasteiger partial charge in [0, 0.05) is 0 Å². The molecule has 3 heteroatoms. The highest BCUT2D eigenvalue weighted by molar-refractivity contribution is 7.50. The van der Waals surface area contributed by atoms with Crippen LogP contribution in [0.15, 0.2) is 24.3 Å². The predicted molar refractivity (Wildman–Crippen MR) is 68.0 cm³/mol. The Morgan fingerprint density at radius 1 is 1.14 bits per heavy atom. The zero-order valence-electron chi connectivity index (χ0n) is 8.69. The lowest BCUT2D eigenvalue weighted by Crippen LogP contribution is -2.32. The van der Waals surface area contributed by atoms with E-state index in [1.807, 2.05) is 6.55 Å². The molecule has 0 nitrogen and oxygen atoms in total. The zero-order chi connectivity index (χ0) is 10.6. The summed E-state index contributed by atoms with van der Waals surface area (Å²) in [4.78, 5) is 0. The predicted octanol–water partition coefficient (Wildman–Crippen LogP) is 3.79. The quantitative estimate of drug-likeness (QED) is 0.561. The Balaban J connectivity index is 2.69. The number of unbranched alkanes of at least 4 members (excludes halogenated alkanes) is 1. The van der Waals surface area contributed by atoms with Gasteiger partial charge in [0.2, 0.25) is 0 Å². The molecule has 0 unspecified atom stereocenters. The first-order chi connectivity index (χ1) is 6.54. The van der Waals surface area contributed by atoms with E-state index in [4.69, 9.17) is 22.2 Å². The second kappa shape index (κ2) is 5.20. The molecule has 0 aromatic heterocycles. The first kappa shape index (κ1) is 12.1. The van der Waals surface area contributed by atoms with Crippen molar-refractivity contribution in [3.8, 4) is 0 Å². The van der Waals surface area contributed by atoms with Crippen LogP contribution in [-0.4, -0.2) is 6.69 Å². The van der Waals surface area contributed by atoms with Crippen molar-refractivity contribution in [1.29, 1.82) is 0 Å². The van der Waals surface area contributed by atoms with Gasteiger partial charge in [0.05, 0.1) is 0 Å². The average Bonchev–Trinajstić information content (AvgIpc) is 2.14. The highest BCUT2D eigenvalue weighted by Gasteiger charge is 2.23. The molecule has 1 aromatic rings. The van der Waals surface area contributed by atoms with E-state index in [9.17, 15) is 0 Å². The summed E-state index contributed by atoms with van der Waals surface area (Å²) in [7, 11) is 0. The molecule has 78 valence electrons. The molecule has 0 radical (unpaired) electrons. The molecule has 0 saturated heterocycles. The summed E-state index contributed by atoms with van der Waals surface area (Å²) in [6, 6.07) is 8.41. The van der Waals surface area contributed by atoms with Crippen LogP contribution >= 0.6 is 22.2 Å². The van der Waals surface area contributed by atoms with Crippen molar-refractivity contribution in [2.45, 2.75) is 32.7 Å². The molecule has 0 bridgehead atoms. The molecule has 1 aromatic carbocycles. The van der Waals surface area contributed by atoms with Gasteiger partial charge in [-0.1, -0.05) is 37.6 Å². The van der Waals surface area contributed by atoms with E-state index in [1.54, 1.807) is 0 Å². The van der Waals surface area contributed by atoms with Crippen molar-refractivity contribution in [3.05, 3.63) is 29.8 Å². The fourth-order valence-electron chi connectivity index (χ4n) is 1.34. The minimum atomic E-state index is -2.14. The Kier molecular flexibility index (Phi) is 4.49. The summed E-state index contributed by atoms with van der Waals surface area (Å²) in [5, 5.41) is 1.10. The van der Waals surface area contributed by atoms with E-state index in [0.717, 1.165) is 11.6 Å². The molecule has 0 aliphatic heterocycles. The van der Waals surface area contributed by atoms with Crippen LogP contribution in [0.25, 0.3) is 0 Å². The van der Waals surface area contributed by atoms with Crippen LogP contribution in [0.3, 0.4) is 0 Å². The lowest BCUT2D eigenvalue weighted by Gasteiger charge is -2.11. The Labute approximate surface area is 96.7 Å². The van der Waals surface area contributed by atoms with Gasteiger partial charge in [0.15, 0.2) is 0 Å². The van der Waals surface area contributed by atoms with Gasteiger partial charge in [0.25, 0.3) is 6.69 Å². The summed E-state index contributed by atoms with van der Waals surface area (Å²) in [6.07, 6.45) is 3.63. The minimum absolute atomic E-state index is 1.10. The van der Waals surface area contributed by atoms with Crippen LogP contribution in [-0.2, 0) is 6.42 Å². The summed E-state index contributed by atoms with van der Waals surface area (Å²) in [5.41, 5.74) is 1.38. The topological polar surface area (TPSA) is 0 Å². The fourth-order valence-corrected chi connectivity index (χ4v) is 2.85. The van der Waals surface area contributed by atoms with E-state index in [0.29, 0.717) is 0 Å². The van der Waals surface area contributed by atoms with Crippen LogP contribution in [0, 0.1) is 0 Å². The summed E-state index contributed by atoms with van der Waals surface area (Å²) >= 11 is 12.2. The summed E-state index contributed by atoms with van der Waals surface area (Å²) in [5.74, 6) is 0. The number of hydrogen-bond donors (Lipinski definition) is 0. The number of aryl methyl sites for hydroxylation is 1. The van der Waals surface area contributed by atoms with E-state index >= 15 is 0 Å². The molecular weight excluding hydrogens is 231 g/mol. The van der Waals surface area contributed by atoms with Crippen molar-refractivity contribution >= 4 is 34.0 Å². The summed E-state index contributed by atoms with van der Waals surface area (Å²) < 4.78 is 0. The van der Waals surface area contributed by atoms with Crippen molar-refractivity contribution in [1.82, 2.24) is 0 Å². The lowest BCUT2D eigenvalue weighted by atomic mass is 10.1. The van der Waals surface area contributed by atoms with E-state index < -0.39 is 6.69 Å². The molecule has 0 atom stereocenters. The van der Waals surface area contributed by atoms with Crippen LogP contribution in [0.4, 0.5) is 0 Å². The smallest absolute Gasteiger partial charge is 0.140 e. The van der Waals surface area contributed by atoms with Crippen molar-refractivity contribution < 1.29 is 0 Å². The molecule has 0 amide bonds. The maximum absolute atomic E-state index is 6.12. The van der Waals surface area contributed by atoms with E-state index in [1.165, 1.54) is 18.4 Å². The Hall–Kier alpha value is 0.0169. The molecule has 0 fully saturated rings. The van der Waals surface area contributed by atoms with Gasteiger partial charge in [-0.25, -0.2) is 0 Å². The maximum Gasteiger partial charge on any atom is 0.277 e. The van der Waals surface area contributed by atoms with Gasteiger partial charge in [-0.15, -0.1) is 22.2 Å². The first-order valence-corrected chi connectivity index (χ1v) is 9.53. The Morgan fingerprint density at radius 2 is 1.71 bits per heavy atom. The number of benzene rings is 1. The monoisotopic (exact) mass is 246 g/mol. The summed E-state index contributed by atoms with van der Waals surface area (Å²) in [6.45, 7) is 1.99. The van der Waals surface area contributed by atoms with Crippen molar-refractivity contribution in [2.75, 3.05) is 0 Å². The van der Waals surface area contributed by atoms with Crippen LogP contribution in [0.1, 0.15) is 25.3 Å². The number of hydrogen-bond acceptors (Lipinski definition) is 0. The third-order valence-corrected chi connectivity index (χ3v) is 4.94. The SMILES string of the molecule is CCCCc1ccc([Si](C)(Cl)Cl)cc1. The normalized spacial score (nSPS) is 11.7. The molecule has 0 aliphatic carbocycles. The van der Waals surface area contributed by atoms with Gasteiger partial charge in [-0.05, 0) is 30.1 Å². The van der Waals surface area contributed by atoms with E-state index in [-0.39, 0.29) is 0 Å². The first-order valence-electron chi connectivity index (χ1n) is 5.01.